The van der Waals surface area contributed by atoms with E-state index < -0.39 is 0 Å². The largest absolute Gasteiger partial charge is 0.493 e. The van der Waals surface area contributed by atoms with Crippen LogP contribution >= 0.6 is 0 Å². The van der Waals surface area contributed by atoms with E-state index >= 15 is 0 Å². The Morgan fingerprint density at radius 1 is 0.939 bits per heavy atom. The molecule has 0 unspecified atom stereocenters. The van der Waals surface area contributed by atoms with Gasteiger partial charge in [-0.2, -0.15) is 0 Å². The second-order valence-electron chi connectivity index (χ2n) is 7.94. The maximum Gasteiger partial charge on any atom is 0.161 e. The Bertz CT molecular complexity index is 1260. The quantitative estimate of drug-likeness (QED) is 0.433. The van der Waals surface area contributed by atoms with Crippen LogP contribution in [0.3, 0.4) is 0 Å². The highest BCUT2D eigenvalue weighted by Gasteiger charge is 2.16. The van der Waals surface area contributed by atoms with Gasteiger partial charge in [0.05, 0.1) is 31.1 Å². The number of anilines is 1. The number of hydrogen-bond acceptors (Lipinski definition) is 6. The second-order valence-corrected chi connectivity index (χ2v) is 7.94. The number of ether oxygens (including phenoxy) is 2. The molecule has 172 valence electrons. The van der Waals surface area contributed by atoms with Crippen LogP contribution < -0.4 is 20.1 Å². The number of likely N-dealkylation sites (N-methyl/N-ethyl adjacent to an activating group) is 1. The van der Waals surface area contributed by atoms with E-state index in [0.29, 0.717) is 18.0 Å². The van der Waals surface area contributed by atoms with Gasteiger partial charge in [0.1, 0.15) is 11.3 Å². The van der Waals surface area contributed by atoms with Gasteiger partial charge in [0.25, 0.3) is 0 Å². The molecular formula is C26H31N5O2. The van der Waals surface area contributed by atoms with E-state index in [1.807, 2.05) is 32.2 Å². The first-order chi connectivity index (χ1) is 16.0. The summed E-state index contributed by atoms with van der Waals surface area (Å²) in [5.41, 5.74) is 12.7. The molecule has 0 saturated heterocycles. The predicted molar refractivity (Wildman–Crippen MR) is 134 cm³/mol. The van der Waals surface area contributed by atoms with Gasteiger partial charge in [-0.25, -0.2) is 4.98 Å². The minimum Gasteiger partial charge on any atom is -0.493 e. The molecule has 0 radical (unpaired) electrons. The van der Waals surface area contributed by atoms with E-state index in [2.05, 4.69) is 46.7 Å². The Morgan fingerprint density at radius 3 is 2.27 bits per heavy atom. The Kier molecular flexibility index (Phi) is 6.51. The Balaban J connectivity index is 1.75. The molecular weight excluding hydrogens is 414 g/mol. The third kappa shape index (κ3) is 4.24. The van der Waals surface area contributed by atoms with Gasteiger partial charge in [0.2, 0.25) is 0 Å². The molecule has 2 N–H and O–H groups in total. The van der Waals surface area contributed by atoms with Crippen LogP contribution in [0.2, 0.25) is 0 Å². The zero-order chi connectivity index (χ0) is 23.5. The van der Waals surface area contributed by atoms with E-state index in [0.717, 1.165) is 52.5 Å². The average Bonchev–Trinajstić information content (AvgIpc) is 3.19. The summed E-state index contributed by atoms with van der Waals surface area (Å²) in [4.78, 5) is 12.0. The summed E-state index contributed by atoms with van der Waals surface area (Å²) >= 11 is 0. The van der Waals surface area contributed by atoms with Crippen molar-refractivity contribution in [1.82, 2.24) is 14.5 Å². The van der Waals surface area contributed by atoms with E-state index in [-0.39, 0.29) is 0 Å². The Hall–Kier alpha value is -3.58. The Morgan fingerprint density at radius 2 is 1.64 bits per heavy atom. The molecule has 33 heavy (non-hydrogen) atoms. The van der Waals surface area contributed by atoms with Crippen molar-refractivity contribution in [1.29, 1.82) is 0 Å². The second kappa shape index (κ2) is 9.50. The van der Waals surface area contributed by atoms with Crippen LogP contribution in [0, 0.1) is 6.92 Å². The van der Waals surface area contributed by atoms with Crippen molar-refractivity contribution in [3.8, 4) is 34.1 Å². The third-order valence-electron chi connectivity index (χ3n) is 5.99. The first-order valence-corrected chi connectivity index (χ1v) is 11.1. The molecule has 0 amide bonds. The highest BCUT2D eigenvalue weighted by Crippen LogP contribution is 2.34. The third-order valence-corrected chi connectivity index (χ3v) is 5.99. The van der Waals surface area contributed by atoms with Crippen molar-refractivity contribution >= 4 is 16.7 Å². The fourth-order valence-electron chi connectivity index (χ4n) is 4.19. The zero-order valence-electron chi connectivity index (χ0n) is 19.9. The first kappa shape index (κ1) is 22.6. The van der Waals surface area contributed by atoms with Crippen LogP contribution in [0.15, 0.2) is 48.5 Å². The minimum absolute atomic E-state index is 0.635. The van der Waals surface area contributed by atoms with E-state index in [9.17, 15) is 0 Å². The van der Waals surface area contributed by atoms with Crippen molar-refractivity contribution in [3.63, 3.8) is 0 Å². The van der Waals surface area contributed by atoms with Gasteiger partial charge < -0.3 is 24.7 Å². The molecule has 0 aliphatic carbocycles. The number of imidazole rings is 1. The Labute approximate surface area is 194 Å². The van der Waals surface area contributed by atoms with Gasteiger partial charge in [-0.1, -0.05) is 12.1 Å². The lowest BCUT2D eigenvalue weighted by Crippen LogP contribution is -2.28. The number of nitrogens with zero attached hydrogens (tertiary/aromatic N) is 4. The number of nitrogens with two attached hydrogens (primary N) is 1. The van der Waals surface area contributed by atoms with Crippen LogP contribution in [0.5, 0.6) is 11.5 Å². The molecule has 0 bridgehead atoms. The summed E-state index contributed by atoms with van der Waals surface area (Å²) in [5, 5.41) is 0. The molecule has 0 saturated carbocycles. The summed E-state index contributed by atoms with van der Waals surface area (Å²) in [6, 6.07) is 16.4. The van der Waals surface area contributed by atoms with Crippen LogP contribution in [-0.2, 0) is 7.05 Å². The lowest BCUT2D eigenvalue weighted by atomic mass is 10.1. The zero-order valence-corrected chi connectivity index (χ0v) is 19.9. The van der Waals surface area contributed by atoms with Gasteiger partial charge in [-0.05, 0) is 50.2 Å². The predicted octanol–water partition coefficient (Wildman–Crippen LogP) is 4.41. The molecule has 2 aromatic heterocycles. The first-order valence-electron chi connectivity index (χ1n) is 11.1. The molecule has 2 heterocycles. The average molecular weight is 446 g/mol. The van der Waals surface area contributed by atoms with E-state index in [1.165, 1.54) is 5.69 Å². The normalized spacial score (nSPS) is 11.1. The monoisotopic (exact) mass is 445 g/mol. The number of aromatic nitrogens is 3. The van der Waals surface area contributed by atoms with Gasteiger partial charge >= 0.3 is 0 Å². The minimum atomic E-state index is 0.635. The number of aryl methyl sites for hydroxylation is 2. The fraction of sp³-hybridized carbons (Fsp3) is 0.308. The number of pyridine rings is 1. The number of hydrogen-bond donors (Lipinski definition) is 1. The molecule has 4 rings (SSSR count). The molecule has 7 heteroatoms. The lowest BCUT2D eigenvalue weighted by molar-refractivity contribution is 0.355. The molecule has 2 aromatic carbocycles. The summed E-state index contributed by atoms with van der Waals surface area (Å²) in [7, 11) is 5.30. The van der Waals surface area contributed by atoms with E-state index in [4.69, 9.17) is 25.2 Å². The highest BCUT2D eigenvalue weighted by atomic mass is 16.5. The molecule has 0 aliphatic rings. The maximum absolute atomic E-state index is 5.75. The summed E-state index contributed by atoms with van der Waals surface area (Å²) in [5.74, 6) is 2.22. The van der Waals surface area contributed by atoms with Crippen LogP contribution in [0.4, 0.5) is 5.69 Å². The SMILES string of the molecule is CCN(CCN)c1ccc(-c2cc3c(nc(-c4ccc(OC)c(OC)c4)n3C)c(C)n2)cc1. The van der Waals surface area contributed by atoms with E-state index in [1.54, 1.807) is 14.2 Å². The molecule has 0 atom stereocenters. The van der Waals surface area contributed by atoms with Crippen molar-refractivity contribution < 1.29 is 9.47 Å². The lowest BCUT2D eigenvalue weighted by Gasteiger charge is -2.22. The highest BCUT2D eigenvalue weighted by molar-refractivity contribution is 5.86. The van der Waals surface area contributed by atoms with Gasteiger partial charge in [-0.3, -0.25) is 4.98 Å². The van der Waals surface area contributed by atoms with Gasteiger partial charge in [0.15, 0.2) is 11.5 Å². The maximum atomic E-state index is 5.75. The fourth-order valence-corrected chi connectivity index (χ4v) is 4.19. The van der Waals surface area contributed by atoms with Crippen molar-refractivity contribution in [2.45, 2.75) is 13.8 Å². The molecule has 4 aromatic rings. The van der Waals surface area contributed by atoms with Gasteiger partial charge in [-0.15, -0.1) is 0 Å². The van der Waals surface area contributed by atoms with Crippen molar-refractivity contribution in [2.75, 3.05) is 38.8 Å². The topological polar surface area (TPSA) is 78.4 Å². The standard InChI is InChI=1S/C26H31N5O2/c1-6-31(14-13-27)20-10-7-18(8-11-20)21-16-22-25(17(2)28-21)29-26(30(22)3)19-9-12-23(32-4)24(15-19)33-5/h7-12,15-16H,6,13-14,27H2,1-5H3. The summed E-state index contributed by atoms with van der Waals surface area (Å²) in [6.45, 7) is 6.54. The molecule has 0 fully saturated rings. The molecule has 0 spiro atoms. The van der Waals surface area contributed by atoms with Gasteiger partial charge in [0, 0.05) is 43.5 Å². The summed E-state index contributed by atoms with van der Waals surface area (Å²) < 4.78 is 13.0. The van der Waals surface area contributed by atoms with Crippen LogP contribution in [-0.4, -0.2) is 48.4 Å². The summed E-state index contributed by atoms with van der Waals surface area (Å²) in [6.07, 6.45) is 0. The van der Waals surface area contributed by atoms with Crippen LogP contribution in [0.1, 0.15) is 12.6 Å². The molecule has 0 aliphatic heterocycles. The smallest absolute Gasteiger partial charge is 0.161 e. The molecule has 7 nitrogen and oxygen atoms in total. The number of fused-ring (bicyclic) bond motifs is 1. The number of rotatable bonds is 8. The number of benzene rings is 2. The van der Waals surface area contributed by atoms with Crippen LogP contribution in [0.25, 0.3) is 33.7 Å². The van der Waals surface area contributed by atoms with Crippen molar-refractivity contribution in [2.24, 2.45) is 12.8 Å². The number of methoxy groups -OCH3 is 2. The van der Waals surface area contributed by atoms with Crippen molar-refractivity contribution in [3.05, 3.63) is 54.2 Å².